The Kier molecular flexibility index (Phi) is 3.28. The molecule has 0 aliphatic carbocycles. The highest BCUT2D eigenvalue weighted by atomic mass is 15.3. The lowest BCUT2D eigenvalue weighted by atomic mass is 9.99. The molecule has 1 aromatic heterocycles. The highest BCUT2D eigenvalue weighted by Gasteiger charge is 2.21. The van der Waals surface area contributed by atoms with Crippen LogP contribution in [0.5, 0.6) is 0 Å². The number of nitrogens with zero attached hydrogens (tertiary/aromatic N) is 3. The second-order valence-electron chi connectivity index (χ2n) is 5.39. The number of rotatable bonds is 3. The van der Waals surface area contributed by atoms with Gasteiger partial charge in [-0.3, -0.25) is 0 Å². The van der Waals surface area contributed by atoms with Crippen LogP contribution >= 0.6 is 0 Å². The maximum atomic E-state index is 6.09. The number of hydrogen-bond donors (Lipinski definition) is 1. The Morgan fingerprint density at radius 2 is 2.19 bits per heavy atom. The van der Waals surface area contributed by atoms with Gasteiger partial charge in [0, 0.05) is 25.4 Å². The predicted molar refractivity (Wildman–Crippen MR) is 64.0 cm³/mol. The van der Waals surface area contributed by atoms with E-state index >= 15 is 0 Å². The minimum absolute atomic E-state index is 0.188. The third-order valence-corrected chi connectivity index (χ3v) is 3.56. The van der Waals surface area contributed by atoms with Crippen LogP contribution in [0.2, 0.25) is 0 Å². The smallest absolute Gasteiger partial charge is 0.134 e. The summed E-state index contributed by atoms with van der Waals surface area (Å²) in [5, 5.41) is 8.56. The Bertz CT molecular complexity index is 356. The zero-order valence-electron chi connectivity index (χ0n) is 10.5. The lowest BCUT2D eigenvalue weighted by molar-refractivity contribution is 0.394. The Morgan fingerprint density at radius 3 is 2.88 bits per heavy atom. The predicted octanol–water partition coefficient (Wildman–Crippen LogP) is 1.39. The van der Waals surface area contributed by atoms with Gasteiger partial charge in [-0.05, 0) is 18.3 Å². The molecule has 2 heterocycles. The van der Waals surface area contributed by atoms with Crippen LogP contribution in [-0.2, 0) is 19.4 Å². The molecule has 0 fully saturated rings. The summed E-state index contributed by atoms with van der Waals surface area (Å²) in [5.74, 6) is 3.45. The lowest BCUT2D eigenvalue weighted by Crippen LogP contribution is -2.31. The van der Waals surface area contributed by atoms with Crippen LogP contribution in [0.1, 0.15) is 38.8 Å². The first-order valence-corrected chi connectivity index (χ1v) is 6.24. The molecule has 4 nitrogen and oxygen atoms in total. The number of fused-ring (bicyclic) bond motifs is 1. The van der Waals surface area contributed by atoms with Crippen LogP contribution in [-0.4, -0.2) is 20.8 Å². The quantitative estimate of drug-likeness (QED) is 0.840. The largest absolute Gasteiger partial charge is 0.327 e. The molecule has 1 aromatic rings. The van der Waals surface area contributed by atoms with Gasteiger partial charge in [-0.1, -0.05) is 20.8 Å². The highest BCUT2D eigenvalue weighted by molar-refractivity contribution is 5.01. The molecular formula is C12H22N4. The van der Waals surface area contributed by atoms with Crippen molar-refractivity contribution in [3.05, 3.63) is 11.6 Å². The van der Waals surface area contributed by atoms with Gasteiger partial charge in [0.25, 0.3) is 0 Å². The van der Waals surface area contributed by atoms with Gasteiger partial charge >= 0.3 is 0 Å². The maximum absolute atomic E-state index is 6.09. The van der Waals surface area contributed by atoms with E-state index in [0.29, 0.717) is 5.92 Å². The number of aromatic nitrogens is 3. The van der Waals surface area contributed by atoms with Crippen molar-refractivity contribution >= 4 is 0 Å². The third-order valence-electron chi connectivity index (χ3n) is 3.56. The Labute approximate surface area is 97.2 Å². The Morgan fingerprint density at radius 1 is 1.44 bits per heavy atom. The standard InChI is InChI=1S/C12H22N4/c1-8(2)10(13)7-12-15-14-11-6-9(3)4-5-16(11)12/h8-10H,4-7,13H2,1-3H3. The average molecular weight is 222 g/mol. The molecule has 90 valence electrons. The van der Waals surface area contributed by atoms with Crippen molar-refractivity contribution in [3.63, 3.8) is 0 Å². The van der Waals surface area contributed by atoms with Crippen molar-refractivity contribution in [2.75, 3.05) is 0 Å². The minimum Gasteiger partial charge on any atom is -0.327 e. The van der Waals surface area contributed by atoms with Gasteiger partial charge in [0.15, 0.2) is 0 Å². The van der Waals surface area contributed by atoms with Gasteiger partial charge in [0.2, 0.25) is 0 Å². The van der Waals surface area contributed by atoms with E-state index in [1.165, 1.54) is 6.42 Å². The molecule has 0 aromatic carbocycles. The van der Waals surface area contributed by atoms with Gasteiger partial charge < -0.3 is 10.3 Å². The number of nitrogens with two attached hydrogens (primary N) is 1. The fourth-order valence-electron chi connectivity index (χ4n) is 2.14. The van der Waals surface area contributed by atoms with Gasteiger partial charge in [-0.15, -0.1) is 10.2 Å². The molecule has 1 aliphatic rings. The molecule has 0 bridgehead atoms. The Hall–Kier alpha value is -0.900. The van der Waals surface area contributed by atoms with E-state index in [1.54, 1.807) is 0 Å². The molecule has 0 radical (unpaired) electrons. The van der Waals surface area contributed by atoms with Crippen molar-refractivity contribution in [1.29, 1.82) is 0 Å². The summed E-state index contributed by atoms with van der Waals surface area (Å²) in [7, 11) is 0. The molecule has 0 saturated heterocycles. The zero-order chi connectivity index (χ0) is 11.7. The van der Waals surface area contributed by atoms with E-state index in [-0.39, 0.29) is 6.04 Å². The summed E-state index contributed by atoms with van der Waals surface area (Å²) in [6.45, 7) is 7.64. The highest BCUT2D eigenvalue weighted by Crippen LogP contribution is 2.20. The number of hydrogen-bond acceptors (Lipinski definition) is 3. The van der Waals surface area contributed by atoms with Crippen LogP contribution < -0.4 is 5.73 Å². The molecule has 0 spiro atoms. The normalized spacial score (nSPS) is 22.2. The van der Waals surface area contributed by atoms with E-state index in [2.05, 4.69) is 35.5 Å². The fourth-order valence-corrected chi connectivity index (χ4v) is 2.14. The van der Waals surface area contributed by atoms with Crippen molar-refractivity contribution in [2.24, 2.45) is 17.6 Å². The molecule has 4 heteroatoms. The molecule has 1 aliphatic heterocycles. The van der Waals surface area contributed by atoms with E-state index in [1.807, 2.05) is 0 Å². The summed E-state index contributed by atoms with van der Waals surface area (Å²) >= 11 is 0. The van der Waals surface area contributed by atoms with Crippen LogP contribution in [0.4, 0.5) is 0 Å². The van der Waals surface area contributed by atoms with Crippen LogP contribution in [0.25, 0.3) is 0 Å². The SMILES string of the molecule is CC1CCn2c(nnc2CC(N)C(C)C)C1. The topological polar surface area (TPSA) is 56.7 Å². The zero-order valence-corrected chi connectivity index (χ0v) is 10.5. The van der Waals surface area contributed by atoms with Gasteiger partial charge in [0.1, 0.15) is 11.6 Å². The fraction of sp³-hybridized carbons (Fsp3) is 0.833. The van der Waals surface area contributed by atoms with E-state index in [9.17, 15) is 0 Å². The van der Waals surface area contributed by atoms with Gasteiger partial charge in [-0.2, -0.15) is 0 Å². The van der Waals surface area contributed by atoms with Gasteiger partial charge in [-0.25, -0.2) is 0 Å². The molecule has 0 amide bonds. The summed E-state index contributed by atoms with van der Waals surface area (Å²) in [6.07, 6.45) is 3.14. The van der Waals surface area contributed by atoms with E-state index in [4.69, 9.17) is 5.73 Å². The molecule has 0 saturated carbocycles. The van der Waals surface area contributed by atoms with Crippen molar-refractivity contribution in [2.45, 2.75) is 52.6 Å². The molecular weight excluding hydrogens is 200 g/mol. The monoisotopic (exact) mass is 222 g/mol. The van der Waals surface area contributed by atoms with Crippen molar-refractivity contribution in [3.8, 4) is 0 Å². The van der Waals surface area contributed by atoms with E-state index in [0.717, 1.165) is 37.0 Å². The first-order valence-electron chi connectivity index (χ1n) is 6.24. The van der Waals surface area contributed by atoms with Crippen LogP contribution in [0.3, 0.4) is 0 Å². The molecule has 2 N–H and O–H groups in total. The Balaban J connectivity index is 2.12. The molecule has 2 atom stereocenters. The molecule has 2 unspecified atom stereocenters. The average Bonchev–Trinajstić information content (AvgIpc) is 2.60. The second kappa shape index (κ2) is 4.53. The molecule has 16 heavy (non-hydrogen) atoms. The third kappa shape index (κ3) is 2.26. The first kappa shape index (κ1) is 11.6. The van der Waals surface area contributed by atoms with Crippen LogP contribution in [0.15, 0.2) is 0 Å². The van der Waals surface area contributed by atoms with Crippen molar-refractivity contribution in [1.82, 2.24) is 14.8 Å². The summed E-state index contributed by atoms with van der Waals surface area (Å²) in [5.41, 5.74) is 6.09. The minimum atomic E-state index is 0.188. The second-order valence-corrected chi connectivity index (χ2v) is 5.39. The summed E-state index contributed by atoms with van der Waals surface area (Å²) in [6, 6.07) is 0.188. The lowest BCUT2D eigenvalue weighted by Gasteiger charge is -2.21. The maximum Gasteiger partial charge on any atom is 0.134 e. The molecule has 2 rings (SSSR count). The van der Waals surface area contributed by atoms with Crippen LogP contribution in [0, 0.1) is 11.8 Å². The first-order chi connectivity index (χ1) is 7.58. The van der Waals surface area contributed by atoms with E-state index < -0.39 is 0 Å². The summed E-state index contributed by atoms with van der Waals surface area (Å²) < 4.78 is 2.27. The van der Waals surface area contributed by atoms with Crippen molar-refractivity contribution < 1.29 is 0 Å². The summed E-state index contributed by atoms with van der Waals surface area (Å²) in [4.78, 5) is 0. The van der Waals surface area contributed by atoms with Gasteiger partial charge in [0.05, 0.1) is 0 Å².